The third-order valence-electron chi connectivity index (χ3n) is 2.17. The number of aromatic nitrogens is 2. The van der Waals surface area contributed by atoms with Gasteiger partial charge in [0.05, 0.1) is 0 Å². The molecule has 1 N–H and O–H groups in total. The van der Waals surface area contributed by atoms with Gasteiger partial charge < -0.3 is 5.32 Å². The molecule has 0 atom stereocenters. The Bertz CT molecular complexity index is 530. The van der Waals surface area contributed by atoms with Crippen LogP contribution in [0.5, 0.6) is 0 Å². The van der Waals surface area contributed by atoms with Crippen LogP contribution in [-0.4, -0.2) is 28.1 Å². The number of anilines is 1. The number of hydrogen-bond acceptors (Lipinski definition) is 6. The van der Waals surface area contributed by atoms with Crippen molar-refractivity contribution in [3.05, 3.63) is 30.3 Å². The number of thioether (sulfide) groups is 2. The van der Waals surface area contributed by atoms with Crippen LogP contribution in [-0.2, 0) is 4.79 Å². The van der Waals surface area contributed by atoms with Crippen molar-refractivity contribution in [2.75, 3.05) is 17.3 Å². The lowest BCUT2D eigenvalue weighted by molar-refractivity contribution is -0.115. The van der Waals surface area contributed by atoms with Gasteiger partial charge in [-0.3, -0.25) is 4.79 Å². The van der Waals surface area contributed by atoms with Crippen LogP contribution in [0.3, 0.4) is 0 Å². The van der Waals surface area contributed by atoms with E-state index in [9.17, 15) is 4.79 Å². The Labute approximate surface area is 124 Å². The average Bonchev–Trinajstić information content (AvgIpc) is 2.87. The summed E-state index contributed by atoms with van der Waals surface area (Å²) in [6.45, 7) is 0. The largest absolute Gasteiger partial charge is 0.300 e. The predicted octanol–water partition coefficient (Wildman–Crippen LogP) is 3.38. The molecule has 0 radical (unpaired) electrons. The summed E-state index contributed by atoms with van der Waals surface area (Å²) >= 11 is 4.59. The zero-order chi connectivity index (χ0) is 13.5. The monoisotopic (exact) mass is 311 g/mol. The highest BCUT2D eigenvalue weighted by atomic mass is 32.2. The molecule has 1 aromatic heterocycles. The number of nitrogens with one attached hydrogen (secondary N) is 1. The normalized spacial score (nSPS) is 10.4. The van der Waals surface area contributed by atoms with Crippen molar-refractivity contribution in [3.8, 4) is 0 Å². The van der Waals surface area contributed by atoms with Crippen molar-refractivity contribution in [2.45, 2.75) is 15.7 Å². The Kier molecular flexibility index (Phi) is 5.68. The van der Waals surface area contributed by atoms with Crippen LogP contribution >= 0.6 is 34.9 Å². The minimum absolute atomic E-state index is 0.0211. The Morgan fingerprint density at radius 1 is 1.32 bits per heavy atom. The maximum absolute atomic E-state index is 11.7. The van der Waals surface area contributed by atoms with E-state index in [1.165, 1.54) is 28.0 Å². The lowest BCUT2D eigenvalue weighted by atomic mass is 10.4. The van der Waals surface area contributed by atoms with Crippen LogP contribution in [0.2, 0.25) is 0 Å². The number of carbonyl (C=O) groups is 1. The zero-order valence-electron chi connectivity index (χ0n) is 10.3. The summed E-state index contributed by atoms with van der Waals surface area (Å²) in [7, 11) is 0. The van der Waals surface area contributed by atoms with Crippen LogP contribution in [0.15, 0.2) is 39.6 Å². The first kappa shape index (κ1) is 14.4. The molecule has 0 unspecified atom stereocenters. The van der Waals surface area contributed by atoms with E-state index < -0.39 is 0 Å². The van der Waals surface area contributed by atoms with Crippen LogP contribution < -0.4 is 5.32 Å². The summed E-state index contributed by atoms with van der Waals surface area (Å²) in [6, 6.07) is 10.0. The summed E-state index contributed by atoms with van der Waals surface area (Å²) < 4.78 is 0.856. The molecule has 7 heteroatoms. The molecule has 19 heavy (non-hydrogen) atoms. The van der Waals surface area contributed by atoms with Gasteiger partial charge in [0.2, 0.25) is 11.0 Å². The summed E-state index contributed by atoms with van der Waals surface area (Å²) in [5, 5.41) is 11.2. The summed E-state index contributed by atoms with van der Waals surface area (Å²) in [6.07, 6.45) is 2.40. The van der Waals surface area contributed by atoms with E-state index in [1.807, 2.05) is 36.6 Å². The van der Waals surface area contributed by atoms with Gasteiger partial charge in [-0.1, -0.05) is 41.3 Å². The lowest BCUT2D eigenvalue weighted by Gasteiger charge is -2.01. The van der Waals surface area contributed by atoms with Gasteiger partial charge in [-0.2, -0.15) is 0 Å². The molecule has 2 aromatic rings. The fraction of sp³-hybridized carbons (Fsp3) is 0.250. The van der Waals surface area contributed by atoms with Gasteiger partial charge in [0.25, 0.3) is 0 Å². The number of amides is 1. The second-order valence-corrected chi connectivity index (χ2v) is 6.74. The number of benzene rings is 1. The van der Waals surface area contributed by atoms with E-state index in [0.29, 0.717) is 11.6 Å². The van der Waals surface area contributed by atoms with Gasteiger partial charge in [-0.25, -0.2) is 0 Å². The van der Waals surface area contributed by atoms with Gasteiger partial charge >= 0.3 is 0 Å². The molecule has 0 bridgehead atoms. The zero-order valence-corrected chi connectivity index (χ0v) is 12.8. The van der Waals surface area contributed by atoms with Gasteiger partial charge in [0.1, 0.15) is 0 Å². The Balaban J connectivity index is 1.73. The van der Waals surface area contributed by atoms with Crippen molar-refractivity contribution in [1.82, 2.24) is 10.2 Å². The molecule has 100 valence electrons. The van der Waals surface area contributed by atoms with Crippen LogP contribution in [0.4, 0.5) is 5.13 Å². The smallest absolute Gasteiger partial charge is 0.227 e. The standard InChI is InChI=1S/C12H13N3OS3/c1-17-12-15-14-11(19-12)13-10(16)7-8-18-9-5-3-2-4-6-9/h2-6H,7-8H2,1H3,(H,13,14,16). The molecule has 4 nitrogen and oxygen atoms in total. The molecule has 0 saturated carbocycles. The van der Waals surface area contributed by atoms with Crippen molar-refractivity contribution in [3.63, 3.8) is 0 Å². The lowest BCUT2D eigenvalue weighted by Crippen LogP contribution is -2.11. The second kappa shape index (κ2) is 7.52. The van der Waals surface area contributed by atoms with Crippen molar-refractivity contribution >= 4 is 45.9 Å². The molecule has 2 rings (SSSR count). The Hall–Kier alpha value is -1.05. The molecule has 0 aliphatic carbocycles. The fourth-order valence-electron chi connectivity index (χ4n) is 1.30. The van der Waals surface area contributed by atoms with Crippen LogP contribution in [0.1, 0.15) is 6.42 Å². The van der Waals surface area contributed by atoms with Crippen molar-refractivity contribution < 1.29 is 4.79 Å². The fourth-order valence-corrected chi connectivity index (χ4v) is 3.36. The predicted molar refractivity (Wildman–Crippen MR) is 82.1 cm³/mol. The SMILES string of the molecule is CSc1nnc(NC(=O)CCSc2ccccc2)s1. The van der Waals surface area contributed by atoms with E-state index in [1.54, 1.807) is 11.8 Å². The Morgan fingerprint density at radius 2 is 2.11 bits per heavy atom. The molecule has 1 amide bonds. The highest BCUT2D eigenvalue weighted by Gasteiger charge is 2.07. The third-order valence-corrected chi connectivity index (χ3v) is 5.00. The molecular weight excluding hydrogens is 298 g/mol. The quantitative estimate of drug-likeness (QED) is 0.654. The molecular formula is C12H13N3OS3. The van der Waals surface area contributed by atoms with E-state index in [-0.39, 0.29) is 5.91 Å². The van der Waals surface area contributed by atoms with Gasteiger partial charge in [0, 0.05) is 17.1 Å². The number of nitrogens with zero attached hydrogens (tertiary/aromatic N) is 2. The molecule has 1 aromatic carbocycles. The van der Waals surface area contributed by atoms with E-state index in [2.05, 4.69) is 15.5 Å². The number of carbonyl (C=O) groups excluding carboxylic acids is 1. The first-order valence-electron chi connectivity index (χ1n) is 5.63. The summed E-state index contributed by atoms with van der Waals surface area (Å²) in [4.78, 5) is 12.9. The second-order valence-electron chi connectivity index (χ2n) is 3.54. The van der Waals surface area contributed by atoms with Crippen molar-refractivity contribution in [2.24, 2.45) is 0 Å². The molecule has 0 fully saturated rings. The number of hydrogen-bond donors (Lipinski definition) is 1. The maximum Gasteiger partial charge on any atom is 0.227 e. The minimum atomic E-state index is -0.0211. The highest BCUT2D eigenvalue weighted by molar-refractivity contribution is 8.00. The van der Waals surface area contributed by atoms with E-state index in [4.69, 9.17) is 0 Å². The Morgan fingerprint density at radius 3 is 2.79 bits per heavy atom. The molecule has 0 spiro atoms. The summed E-state index contributed by atoms with van der Waals surface area (Å²) in [5.74, 6) is 0.733. The van der Waals surface area contributed by atoms with Gasteiger partial charge in [0.15, 0.2) is 4.34 Å². The average molecular weight is 311 g/mol. The van der Waals surface area contributed by atoms with E-state index in [0.717, 1.165) is 10.1 Å². The first-order chi connectivity index (χ1) is 9.28. The third kappa shape index (κ3) is 4.85. The highest BCUT2D eigenvalue weighted by Crippen LogP contribution is 2.23. The summed E-state index contributed by atoms with van der Waals surface area (Å²) in [5.41, 5.74) is 0. The topological polar surface area (TPSA) is 54.9 Å². The van der Waals surface area contributed by atoms with E-state index >= 15 is 0 Å². The molecule has 1 heterocycles. The van der Waals surface area contributed by atoms with Crippen LogP contribution in [0, 0.1) is 0 Å². The van der Waals surface area contributed by atoms with Crippen LogP contribution in [0.25, 0.3) is 0 Å². The first-order valence-corrected chi connectivity index (χ1v) is 8.66. The van der Waals surface area contributed by atoms with Gasteiger partial charge in [-0.05, 0) is 18.4 Å². The molecule has 0 aliphatic rings. The maximum atomic E-state index is 11.7. The molecule has 0 saturated heterocycles. The number of rotatable bonds is 6. The molecule has 0 aliphatic heterocycles. The van der Waals surface area contributed by atoms with Crippen molar-refractivity contribution in [1.29, 1.82) is 0 Å². The van der Waals surface area contributed by atoms with Gasteiger partial charge in [-0.15, -0.1) is 22.0 Å². The minimum Gasteiger partial charge on any atom is -0.300 e.